The van der Waals surface area contributed by atoms with Crippen molar-refractivity contribution < 1.29 is 14.3 Å². The average Bonchev–Trinajstić information content (AvgIpc) is 2.52. The minimum absolute atomic E-state index is 0.0124. The molecule has 0 spiro atoms. The molecule has 0 amide bonds. The Morgan fingerprint density at radius 3 is 2.42 bits per heavy atom. The van der Waals surface area contributed by atoms with Gasteiger partial charge in [-0.15, -0.1) is 0 Å². The van der Waals surface area contributed by atoms with Gasteiger partial charge in [0.05, 0.1) is 7.11 Å². The SMILES string of the molecule is COC(=O)/C1=C/C/C=C(\C)CC/C=C(\C)CCC(C(C)C)C(=O)C1. The minimum Gasteiger partial charge on any atom is -0.466 e. The predicted octanol–water partition coefficient (Wildman–Crippen LogP) is 5.17. The first kappa shape index (κ1) is 20.4. The first-order chi connectivity index (χ1) is 11.3. The fourth-order valence-corrected chi connectivity index (χ4v) is 3.08. The van der Waals surface area contributed by atoms with E-state index in [0.717, 1.165) is 25.7 Å². The third kappa shape index (κ3) is 6.86. The largest absolute Gasteiger partial charge is 0.466 e. The molecule has 1 rings (SSSR count). The van der Waals surface area contributed by atoms with Gasteiger partial charge in [0.25, 0.3) is 0 Å². The van der Waals surface area contributed by atoms with Crippen molar-refractivity contribution in [3.63, 3.8) is 0 Å². The molecule has 0 aliphatic heterocycles. The second kappa shape index (κ2) is 10.3. The molecule has 3 heteroatoms. The molecule has 0 heterocycles. The molecule has 0 N–H and O–H groups in total. The van der Waals surface area contributed by atoms with Crippen molar-refractivity contribution in [1.82, 2.24) is 0 Å². The van der Waals surface area contributed by atoms with Gasteiger partial charge in [-0.3, -0.25) is 4.79 Å². The molecule has 134 valence electrons. The van der Waals surface area contributed by atoms with Crippen molar-refractivity contribution in [2.45, 2.75) is 66.2 Å². The van der Waals surface area contributed by atoms with Gasteiger partial charge in [0.2, 0.25) is 0 Å². The van der Waals surface area contributed by atoms with Gasteiger partial charge in [0.1, 0.15) is 5.78 Å². The lowest BCUT2D eigenvalue weighted by Gasteiger charge is -2.20. The van der Waals surface area contributed by atoms with E-state index in [0.29, 0.717) is 12.0 Å². The second-order valence-corrected chi connectivity index (χ2v) is 7.13. The maximum Gasteiger partial charge on any atom is 0.333 e. The summed E-state index contributed by atoms with van der Waals surface area (Å²) in [5.41, 5.74) is 3.14. The zero-order valence-corrected chi connectivity index (χ0v) is 15.9. The molecule has 0 aromatic carbocycles. The van der Waals surface area contributed by atoms with Crippen LogP contribution in [0.2, 0.25) is 0 Å². The van der Waals surface area contributed by atoms with Crippen LogP contribution in [0.25, 0.3) is 0 Å². The summed E-state index contributed by atoms with van der Waals surface area (Å²) in [6, 6.07) is 0. The minimum atomic E-state index is -0.389. The third-order valence-corrected chi connectivity index (χ3v) is 4.74. The molecule has 1 aliphatic carbocycles. The number of hydrogen-bond acceptors (Lipinski definition) is 3. The zero-order valence-electron chi connectivity index (χ0n) is 15.9. The van der Waals surface area contributed by atoms with E-state index < -0.39 is 0 Å². The van der Waals surface area contributed by atoms with Crippen LogP contribution >= 0.6 is 0 Å². The van der Waals surface area contributed by atoms with Crippen molar-refractivity contribution in [3.05, 3.63) is 34.9 Å². The normalized spacial score (nSPS) is 28.0. The van der Waals surface area contributed by atoms with Crippen molar-refractivity contribution in [1.29, 1.82) is 0 Å². The van der Waals surface area contributed by atoms with E-state index in [2.05, 4.69) is 39.8 Å². The number of rotatable bonds is 2. The van der Waals surface area contributed by atoms with Crippen LogP contribution in [0.1, 0.15) is 66.2 Å². The number of allylic oxidation sites excluding steroid dienone is 5. The van der Waals surface area contributed by atoms with Crippen LogP contribution < -0.4 is 0 Å². The molecule has 0 aromatic heterocycles. The molecule has 0 radical (unpaired) electrons. The van der Waals surface area contributed by atoms with Gasteiger partial charge >= 0.3 is 5.97 Å². The molecule has 1 unspecified atom stereocenters. The molecular formula is C21H32O3. The number of carbonyl (C=O) groups excluding carboxylic acids is 2. The first-order valence-electron chi connectivity index (χ1n) is 8.96. The van der Waals surface area contributed by atoms with E-state index in [9.17, 15) is 9.59 Å². The lowest BCUT2D eigenvalue weighted by atomic mass is 9.83. The fourth-order valence-electron chi connectivity index (χ4n) is 3.08. The van der Waals surface area contributed by atoms with Crippen molar-refractivity contribution in [3.8, 4) is 0 Å². The number of carbonyl (C=O) groups is 2. The summed E-state index contributed by atoms with van der Waals surface area (Å²) in [6.07, 6.45) is 11.0. The van der Waals surface area contributed by atoms with Gasteiger partial charge in [-0.05, 0) is 51.9 Å². The Kier molecular flexibility index (Phi) is 8.73. The molecule has 0 saturated heterocycles. The maximum absolute atomic E-state index is 12.7. The molecule has 1 aliphatic rings. The molecule has 24 heavy (non-hydrogen) atoms. The third-order valence-electron chi connectivity index (χ3n) is 4.74. The van der Waals surface area contributed by atoms with E-state index in [-0.39, 0.29) is 30.0 Å². The second-order valence-electron chi connectivity index (χ2n) is 7.13. The maximum atomic E-state index is 12.7. The zero-order chi connectivity index (χ0) is 18.1. The number of methoxy groups -OCH3 is 1. The molecule has 0 bridgehead atoms. The van der Waals surface area contributed by atoms with Crippen LogP contribution in [0.4, 0.5) is 0 Å². The van der Waals surface area contributed by atoms with E-state index in [1.54, 1.807) is 0 Å². The highest BCUT2D eigenvalue weighted by molar-refractivity contribution is 5.96. The standard InChI is InChI=1S/C21H32O3/c1-15(2)19-13-12-17(4)9-6-8-16(3)10-7-11-18(14-20(19)22)21(23)24-5/h9-11,15,19H,6-8,12-14H2,1-5H3/b16-10+,17-9+,18-11+. The monoisotopic (exact) mass is 332 g/mol. The van der Waals surface area contributed by atoms with Crippen molar-refractivity contribution >= 4 is 11.8 Å². The van der Waals surface area contributed by atoms with Gasteiger partial charge in [-0.2, -0.15) is 0 Å². The summed E-state index contributed by atoms with van der Waals surface area (Å²) in [4.78, 5) is 24.7. The highest BCUT2D eigenvalue weighted by Gasteiger charge is 2.24. The van der Waals surface area contributed by atoms with Crippen LogP contribution in [0.15, 0.2) is 34.9 Å². The summed E-state index contributed by atoms with van der Waals surface area (Å²) in [6.45, 7) is 8.42. The number of hydrogen-bond donors (Lipinski definition) is 0. The van der Waals surface area contributed by atoms with Crippen LogP contribution in [-0.2, 0) is 14.3 Å². The Morgan fingerprint density at radius 2 is 1.79 bits per heavy atom. The number of esters is 1. The van der Waals surface area contributed by atoms with Crippen molar-refractivity contribution in [2.24, 2.45) is 11.8 Å². The van der Waals surface area contributed by atoms with E-state index in [1.165, 1.54) is 18.3 Å². The highest BCUT2D eigenvalue weighted by Crippen LogP contribution is 2.25. The highest BCUT2D eigenvalue weighted by atomic mass is 16.5. The van der Waals surface area contributed by atoms with Crippen LogP contribution in [0.3, 0.4) is 0 Å². The lowest BCUT2D eigenvalue weighted by Crippen LogP contribution is -2.22. The Hall–Kier alpha value is -1.64. The molecule has 0 fully saturated rings. The lowest BCUT2D eigenvalue weighted by molar-refractivity contribution is -0.137. The van der Waals surface area contributed by atoms with Crippen molar-refractivity contribution in [2.75, 3.05) is 7.11 Å². The summed E-state index contributed by atoms with van der Waals surface area (Å²) in [5, 5.41) is 0. The van der Waals surface area contributed by atoms with E-state index >= 15 is 0 Å². The Morgan fingerprint density at radius 1 is 1.12 bits per heavy atom. The summed E-state index contributed by atoms with van der Waals surface area (Å²) in [5.74, 6) is 0.0214. The first-order valence-corrected chi connectivity index (χ1v) is 8.96. The number of ketones is 1. The van der Waals surface area contributed by atoms with Gasteiger partial charge in [0, 0.05) is 17.9 Å². The molecule has 1 atom stereocenters. The molecule has 3 nitrogen and oxygen atoms in total. The summed E-state index contributed by atoms with van der Waals surface area (Å²) in [7, 11) is 1.37. The predicted molar refractivity (Wildman–Crippen MR) is 98.7 cm³/mol. The summed E-state index contributed by atoms with van der Waals surface area (Å²) < 4.78 is 4.86. The fraction of sp³-hybridized carbons (Fsp3) is 0.619. The quantitative estimate of drug-likeness (QED) is 0.517. The average molecular weight is 332 g/mol. The van der Waals surface area contributed by atoms with Gasteiger partial charge in [-0.25, -0.2) is 4.79 Å². The molecule has 0 aromatic rings. The smallest absolute Gasteiger partial charge is 0.333 e. The molecule has 0 saturated carbocycles. The topological polar surface area (TPSA) is 43.4 Å². The van der Waals surface area contributed by atoms with Crippen LogP contribution in [-0.4, -0.2) is 18.9 Å². The van der Waals surface area contributed by atoms with Crippen LogP contribution in [0.5, 0.6) is 0 Å². The van der Waals surface area contributed by atoms with E-state index in [1.807, 2.05) is 6.08 Å². The van der Waals surface area contributed by atoms with E-state index in [4.69, 9.17) is 4.74 Å². The van der Waals surface area contributed by atoms with Gasteiger partial charge in [-0.1, -0.05) is 43.2 Å². The Labute approximate surface area is 146 Å². The van der Waals surface area contributed by atoms with Crippen LogP contribution in [0, 0.1) is 11.8 Å². The van der Waals surface area contributed by atoms with Gasteiger partial charge < -0.3 is 4.74 Å². The summed E-state index contributed by atoms with van der Waals surface area (Å²) >= 11 is 0. The number of ether oxygens (including phenoxy) is 1. The molecular weight excluding hydrogens is 300 g/mol. The Balaban J connectivity index is 3.07. The van der Waals surface area contributed by atoms with Gasteiger partial charge in [0.15, 0.2) is 0 Å². The Bertz CT molecular complexity index is 535. The number of Topliss-reactive ketones (excluding diaryl/α,β-unsaturated/α-hetero) is 1.